The summed E-state index contributed by atoms with van der Waals surface area (Å²) in [6.07, 6.45) is 1.05. The van der Waals surface area contributed by atoms with Gasteiger partial charge in [0.2, 0.25) is 10.0 Å². The third kappa shape index (κ3) is 3.74. The molecule has 0 unspecified atom stereocenters. The number of anilines is 1. The van der Waals surface area contributed by atoms with Crippen LogP contribution < -0.4 is 10.5 Å². The van der Waals surface area contributed by atoms with Gasteiger partial charge in [-0.2, -0.15) is 0 Å². The SMILES string of the molecule is Nc1cc(F)cc(S(=O)(=O)NC2CCS(=O)CC2)c1. The van der Waals surface area contributed by atoms with Gasteiger partial charge in [-0.1, -0.05) is 0 Å². The highest BCUT2D eigenvalue weighted by atomic mass is 32.2. The van der Waals surface area contributed by atoms with Gasteiger partial charge in [0.05, 0.1) is 4.90 Å². The molecule has 1 aliphatic rings. The van der Waals surface area contributed by atoms with Gasteiger partial charge in [0.1, 0.15) is 5.82 Å². The molecule has 106 valence electrons. The summed E-state index contributed by atoms with van der Waals surface area (Å²) in [6.45, 7) is 0. The van der Waals surface area contributed by atoms with E-state index in [1.54, 1.807) is 0 Å². The molecule has 0 saturated carbocycles. The maximum atomic E-state index is 13.2. The molecule has 1 aliphatic heterocycles. The van der Waals surface area contributed by atoms with Gasteiger partial charge in [0, 0.05) is 34.0 Å². The minimum Gasteiger partial charge on any atom is -0.399 e. The fourth-order valence-electron chi connectivity index (χ4n) is 1.94. The Hall–Kier alpha value is -0.990. The first-order valence-corrected chi connectivity index (χ1v) is 8.77. The zero-order valence-corrected chi connectivity index (χ0v) is 11.8. The highest BCUT2D eigenvalue weighted by molar-refractivity contribution is 7.89. The van der Waals surface area contributed by atoms with Crippen LogP contribution >= 0.6 is 0 Å². The van der Waals surface area contributed by atoms with Crippen molar-refractivity contribution in [2.75, 3.05) is 17.2 Å². The summed E-state index contributed by atoms with van der Waals surface area (Å²) in [4.78, 5) is -0.184. The first-order valence-electron chi connectivity index (χ1n) is 5.80. The highest BCUT2D eigenvalue weighted by Crippen LogP contribution is 2.18. The number of halogens is 1. The summed E-state index contributed by atoms with van der Waals surface area (Å²) in [6, 6.07) is 2.95. The van der Waals surface area contributed by atoms with E-state index in [-0.39, 0.29) is 16.6 Å². The molecule has 8 heteroatoms. The van der Waals surface area contributed by atoms with E-state index in [2.05, 4.69) is 4.72 Å². The Morgan fingerprint density at radius 2 is 1.89 bits per heavy atom. The minimum atomic E-state index is -3.79. The van der Waals surface area contributed by atoms with E-state index in [1.807, 2.05) is 0 Å². The van der Waals surface area contributed by atoms with Crippen molar-refractivity contribution in [3.63, 3.8) is 0 Å². The van der Waals surface area contributed by atoms with Gasteiger partial charge in [-0.05, 0) is 31.0 Å². The molecule has 19 heavy (non-hydrogen) atoms. The van der Waals surface area contributed by atoms with Crippen LogP contribution in [0.1, 0.15) is 12.8 Å². The van der Waals surface area contributed by atoms with Gasteiger partial charge in [-0.15, -0.1) is 0 Å². The van der Waals surface area contributed by atoms with Gasteiger partial charge in [-0.25, -0.2) is 17.5 Å². The van der Waals surface area contributed by atoms with Crippen LogP contribution in [-0.4, -0.2) is 30.2 Å². The van der Waals surface area contributed by atoms with Gasteiger partial charge in [0.15, 0.2) is 0 Å². The number of nitrogens with two attached hydrogens (primary N) is 1. The summed E-state index contributed by atoms with van der Waals surface area (Å²) < 4.78 is 51.0. The standard InChI is InChI=1S/C11H15FN2O3S2/c12-8-5-9(13)7-11(6-8)19(16,17)14-10-1-3-18(15)4-2-10/h5-7,10,14H,1-4,13H2. The maximum absolute atomic E-state index is 13.2. The molecule has 1 aromatic rings. The average Bonchev–Trinajstić information content (AvgIpc) is 2.31. The molecule has 0 radical (unpaired) electrons. The molecule has 3 N–H and O–H groups in total. The molecule has 0 atom stereocenters. The Labute approximate surface area is 113 Å². The monoisotopic (exact) mass is 306 g/mol. The van der Waals surface area contributed by atoms with Crippen LogP contribution in [0.2, 0.25) is 0 Å². The molecular formula is C11H15FN2O3S2. The van der Waals surface area contributed by atoms with Crippen molar-refractivity contribution in [2.24, 2.45) is 0 Å². The lowest BCUT2D eigenvalue weighted by atomic mass is 10.2. The number of nitrogen functional groups attached to an aromatic ring is 1. The fraction of sp³-hybridized carbons (Fsp3) is 0.455. The molecule has 1 aromatic carbocycles. The van der Waals surface area contributed by atoms with Crippen LogP contribution in [0.4, 0.5) is 10.1 Å². The number of sulfonamides is 1. The molecule has 0 bridgehead atoms. The van der Waals surface area contributed by atoms with Gasteiger partial charge >= 0.3 is 0 Å². The molecule has 1 fully saturated rings. The zero-order chi connectivity index (χ0) is 14.0. The second kappa shape index (κ2) is 5.56. The molecule has 5 nitrogen and oxygen atoms in total. The number of nitrogens with one attached hydrogen (secondary N) is 1. The molecule has 0 spiro atoms. The lowest BCUT2D eigenvalue weighted by molar-refractivity contribution is 0.521. The number of hydrogen-bond donors (Lipinski definition) is 2. The molecule has 0 aliphatic carbocycles. The van der Waals surface area contributed by atoms with E-state index in [4.69, 9.17) is 5.73 Å². The van der Waals surface area contributed by atoms with E-state index < -0.39 is 26.6 Å². The summed E-state index contributed by atoms with van der Waals surface area (Å²) in [5.41, 5.74) is 5.50. The van der Waals surface area contributed by atoms with Crippen LogP contribution in [0.25, 0.3) is 0 Å². The zero-order valence-electron chi connectivity index (χ0n) is 10.1. The predicted molar refractivity (Wildman–Crippen MR) is 72.0 cm³/mol. The maximum Gasteiger partial charge on any atom is 0.240 e. The van der Waals surface area contributed by atoms with Crippen LogP contribution in [0.3, 0.4) is 0 Å². The molecule has 0 aromatic heterocycles. The highest BCUT2D eigenvalue weighted by Gasteiger charge is 2.24. The topological polar surface area (TPSA) is 89.3 Å². The van der Waals surface area contributed by atoms with Crippen molar-refractivity contribution in [3.8, 4) is 0 Å². The van der Waals surface area contributed by atoms with Gasteiger partial charge in [-0.3, -0.25) is 4.21 Å². The predicted octanol–water partition coefficient (Wildman–Crippen LogP) is 0.597. The Bertz CT molecular complexity index is 574. The normalized spacial score (nSPS) is 24.3. The first-order chi connectivity index (χ1) is 8.87. The average molecular weight is 306 g/mol. The third-order valence-corrected chi connectivity index (χ3v) is 5.80. The fourth-order valence-corrected chi connectivity index (χ4v) is 4.61. The second-order valence-corrected chi connectivity index (χ2v) is 7.87. The molecular weight excluding hydrogens is 291 g/mol. The summed E-state index contributed by atoms with van der Waals surface area (Å²) in [5.74, 6) is 0.279. The molecule has 1 saturated heterocycles. The lowest BCUT2D eigenvalue weighted by Crippen LogP contribution is -2.39. The Morgan fingerprint density at radius 1 is 1.26 bits per heavy atom. The van der Waals surface area contributed by atoms with Crippen molar-refractivity contribution < 1.29 is 17.0 Å². The Morgan fingerprint density at radius 3 is 2.47 bits per heavy atom. The smallest absolute Gasteiger partial charge is 0.240 e. The van der Waals surface area contributed by atoms with Crippen LogP contribution in [0.15, 0.2) is 23.1 Å². The van der Waals surface area contributed by atoms with Crippen molar-refractivity contribution in [3.05, 3.63) is 24.0 Å². The van der Waals surface area contributed by atoms with Crippen LogP contribution in [0.5, 0.6) is 0 Å². The molecule has 2 rings (SSSR count). The largest absolute Gasteiger partial charge is 0.399 e. The van der Waals surface area contributed by atoms with E-state index >= 15 is 0 Å². The number of rotatable bonds is 3. The van der Waals surface area contributed by atoms with Gasteiger partial charge < -0.3 is 5.73 Å². The van der Waals surface area contributed by atoms with Crippen molar-refractivity contribution in [1.82, 2.24) is 4.72 Å². The minimum absolute atomic E-state index is 0.0603. The number of benzene rings is 1. The van der Waals surface area contributed by atoms with Gasteiger partial charge in [0.25, 0.3) is 0 Å². The summed E-state index contributed by atoms with van der Waals surface area (Å²) in [7, 11) is -4.65. The van der Waals surface area contributed by atoms with E-state index in [0.717, 1.165) is 12.1 Å². The van der Waals surface area contributed by atoms with Crippen molar-refractivity contribution in [1.29, 1.82) is 0 Å². The quantitative estimate of drug-likeness (QED) is 0.800. The first kappa shape index (κ1) is 14.4. The molecule has 1 heterocycles. The van der Waals surface area contributed by atoms with E-state index in [1.165, 1.54) is 6.07 Å². The third-order valence-electron chi connectivity index (χ3n) is 2.91. The number of hydrogen-bond acceptors (Lipinski definition) is 4. The van der Waals surface area contributed by atoms with E-state index in [0.29, 0.717) is 24.3 Å². The van der Waals surface area contributed by atoms with Crippen molar-refractivity contribution in [2.45, 2.75) is 23.8 Å². The lowest BCUT2D eigenvalue weighted by Gasteiger charge is -2.22. The summed E-state index contributed by atoms with van der Waals surface area (Å²) in [5, 5.41) is 0. The van der Waals surface area contributed by atoms with Crippen LogP contribution in [-0.2, 0) is 20.8 Å². The van der Waals surface area contributed by atoms with E-state index in [9.17, 15) is 17.0 Å². The molecule has 0 amide bonds. The Kier molecular flexibility index (Phi) is 4.22. The summed E-state index contributed by atoms with van der Waals surface area (Å²) >= 11 is 0. The van der Waals surface area contributed by atoms with Crippen LogP contribution in [0, 0.1) is 5.82 Å². The Balaban J connectivity index is 2.16. The van der Waals surface area contributed by atoms with Crippen molar-refractivity contribution >= 4 is 26.5 Å². The second-order valence-electron chi connectivity index (χ2n) is 4.46.